The van der Waals surface area contributed by atoms with Crippen molar-refractivity contribution in [2.45, 2.75) is 45.8 Å². The molecule has 0 amide bonds. The second-order valence-corrected chi connectivity index (χ2v) is 10.4. The van der Waals surface area contributed by atoms with Crippen molar-refractivity contribution >= 4 is 29.0 Å². The normalized spacial score (nSPS) is 13.2. The van der Waals surface area contributed by atoms with E-state index in [-0.39, 0.29) is 24.0 Å². The van der Waals surface area contributed by atoms with Crippen molar-refractivity contribution < 1.29 is 28.6 Å². The summed E-state index contributed by atoms with van der Waals surface area (Å²) >= 11 is 0. The number of hydrogen-bond acceptors (Lipinski definition) is 6. The summed E-state index contributed by atoms with van der Waals surface area (Å²) in [5, 5.41) is 11.0. The highest BCUT2D eigenvalue weighted by Crippen LogP contribution is 2.36. The van der Waals surface area contributed by atoms with Crippen LogP contribution in [0.5, 0.6) is 0 Å². The van der Waals surface area contributed by atoms with Crippen molar-refractivity contribution in [2.75, 3.05) is 11.9 Å². The van der Waals surface area contributed by atoms with Gasteiger partial charge in [0.1, 0.15) is 22.8 Å². The molecule has 0 saturated heterocycles. The first-order valence-corrected chi connectivity index (χ1v) is 12.3. The minimum Gasteiger partial charge on any atom is -0.506 e. The van der Waals surface area contributed by atoms with Gasteiger partial charge in [0.2, 0.25) is 0 Å². The zero-order valence-corrected chi connectivity index (χ0v) is 21.9. The Morgan fingerprint density at radius 3 is 2.29 bits per heavy atom. The number of aliphatic hydroxyl groups excluding tert-OH is 1. The smallest absolute Gasteiger partial charge is 0.338 e. The minimum absolute atomic E-state index is 0.132. The van der Waals surface area contributed by atoms with Crippen molar-refractivity contribution in [1.29, 1.82) is 0 Å². The molecular formula is C31H30FNO5. The third-order valence-electron chi connectivity index (χ3n) is 6.21. The molecule has 0 fully saturated rings. The quantitative estimate of drug-likeness (QED) is 0.325. The number of ether oxygens (including phenoxy) is 1. The van der Waals surface area contributed by atoms with Gasteiger partial charge in [-0.15, -0.1) is 0 Å². The van der Waals surface area contributed by atoms with Gasteiger partial charge in [0.15, 0.2) is 11.6 Å². The number of benzene rings is 3. The number of allylic oxidation sites excluding steroid dienone is 1. The van der Waals surface area contributed by atoms with Gasteiger partial charge in [-0.1, -0.05) is 42.5 Å². The average molecular weight is 516 g/mol. The van der Waals surface area contributed by atoms with Gasteiger partial charge in [0.05, 0.1) is 5.56 Å². The minimum atomic E-state index is -0.636. The largest absolute Gasteiger partial charge is 0.506 e. The molecule has 7 heteroatoms. The fraction of sp³-hybridized carbons (Fsp3) is 0.258. The summed E-state index contributed by atoms with van der Waals surface area (Å²) in [5.74, 6) is -2.67. The Morgan fingerprint density at radius 2 is 1.66 bits per heavy atom. The third kappa shape index (κ3) is 5.99. The average Bonchev–Trinajstić information content (AvgIpc) is 2.84. The molecule has 38 heavy (non-hydrogen) atoms. The summed E-state index contributed by atoms with van der Waals surface area (Å²) in [6.07, 6.45) is -0.294. The van der Waals surface area contributed by atoms with Crippen molar-refractivity contribution in [1.82, 2.24) is 0 Å². The predicted octanol–water partition coefficient (Wildman–Crippen LogP) is 5.62. The predicted molar refractivity (Wildman–Crippen MR) is 144 cm³/mol. The Balaban J connectivity index is 1.58. The maximum atomic E-state index is 14.6. The number of carbonyl (C=O) groups excluding carboxylic acids is 3. The number of hydrogen-bond donors (Lipinski definition) is 1. The Labute approximate surface area is 221 Å². The summed E-state index contributed by atoms with van der Waals surface area (Å²) in [4.78, 5) is 40.3. The maximum absolute atomic E-state index is 14.6. The molecule has 0 aromatic heterocycles. The van der Waals surface area contributed by atoms with Crippen LogP contribution >= 0.6 is 0 Å². The molecule has 4 rings (SSSR count). The molecule has 0 unspecified atom stereocenters. The number of aliphatic hydroxyl groups is 1. The fourth-order valence-corrected chi connectivity index (χ4v) is 4.48. The lowest BCUT2D eigenvalue weighted by molar-refractivity contribution is -0.120. The first-order chi connectivity index (χ1) is 17.9. The van der Waals surface area contributed by atoms with E-state index in [2.05, 4.69) is 0 Å². The lowest BCUT2D eigenvalue weighted by Gasteiger charge is -2.27. The van der Waals surface area contributed by atoms with E-state index in [1.54, 1.807) is 52.1 Å². The molecule has 1 aliphatic rings. The van der Waals surface area contributed by atoms with E-state index in [9.17, 15) is 23.9 Å². The van der Waals surface area contributed by atoms with E-state index in [4.69, 9.17) is 4.74 Å². The topological polar surface area (TPSA) is 83.9 Å². The number of anilines is 1. The van der Waals surface area contributed by atoms with E-state index in [1.165, 1.54) is 6.07 Å². The molecule has 0 radical (unpaired) electrons. The fourth-order valence-electron chi connectivity index (χ4n) is 4.48. The summed E-state index contributed by atoms with van der Waals surface area (Å²) in [7, 11) is 1.79. The van der Waals surface area contributed by atoms with E-state index in [0.29, 0.717) is 28.9 Å². The van der Waals surface area contributed by atoms with E-state index < -0.39 is 34.7 Å². The van der Waals surface area contributed by atoms with Gasteiger partial charge in [-0.25, -0.2) is 9.18 Å². The van der Waals surface area contributed by atoms with Gasteiger partial charge >= 0.3 is 5.97 Å². The molecule has 1 N–H and O–H groups in total. The number of halogens is 1. The number of fused-ring (bicyclic) bond motifs is 1. The molecule has 196 valence electrons. The number of Topliss-reactive ketones (excluding diaryl/α,β-unsaturated/α-hetero) is 2. The van der Waals surface area contributed by atoms with Crippen molar-refractivity contribution in [3.63, 3.8) is 0 Å². The number of esters is 1. The SMILES string of the molecule is CN(Cc1ccccc1)c1cc(F)cc2c1CC(=O)C(C(=O)Cc1ccc(C(=O)OC(C)(C)C)cc1)=C2O. The van der Waals surface area contributed by atoms with E-state index >= 15 is 0 Å². The van der Waals surface area contributed by atoms with Crippen molar-refractivity contribution in [3.8, 4) is 0 Å². The second-order valence-electron chi connectivity index (χ2n) is 10.4. The van der Waals surface area contributed by atoms with Gasteiger partial charge < -0.3 is 14.7 Å². The number of nitrogens with zero attached hydrogens (tertiary/aromatic N) is 1. The van der Waals surface area contributed by atoms with E-state index in [1.807, 2.05) is 35.2 Å². The zero-order valence-electron chi connectivity index (χ0n) is 21.9. The maximum Gasteiger partial charge on any atom is 0.338 e. The molecule has 0 spiro atoms. The summed E-state index contributed by atoms with van der Waals surface area (Å²) < 4.78 is 20.0. The molecule has 0 heterocycles. The van der Waals surface area contributed by atoms with Crippen LogP contribution < -0.4 is 4.90 Å². The summed E-state index contributed by atoms with van der Waals surface area (Å²) in [5.41, 5.74) is 2.02. The number of ketones is 2. The monoisotopic (exact) mass is 515 g/mol. The van der Waals surface area contributed by atoms with Crippen LogP contribution in [-0.4, -0.2) is 35.3 Å². The molecule has 0 saturated carbocycles. The van der Waals surface area contributed by atoms with Gasteiger partial charge in [-0.2, -0.15) is 0 Å². The molecule has 3 aromatic rings. The first-order valence-electron chi connectivity index (χ1n) is 12.3. The molecule has 0 aliphatic heterocycles. The molecule has 6 nitrogen and oxygen atoms in total. The van der Waals surface area contributed by atoms with Gasteiger partial charge in [-0.05, 0) is 61.7 Å². The van der Waals surface area contributed by atoms with Crippen LogP contribution in [0.25, 0.3) is 5.76 Å². The molecule has 3 aromatic carbocycles. The van der Waals surface area contributed by atoms with Gasteiger partial charge in [-0.3, -0.25) is 9.59 Å². The van der Waals surface area contributed by atoms with Crippen LogP contribution in [0.4, 0.5) is 10.1 Å². The van der Waals surface area contributed by atoms with Crippen molar-refractivity contribution in [3.05, 3.63) is 106 Å². The van der Waals surface area contributed by atoms with Crippen LogP contribution in [-0.2, 0) is 33.7 Å². The highest BCUT2D eigenvalue weighted by Gasteiger charge is 2.33. The molecule has 1 aliphatic carbocycles. The summed E-state index contributed by atoms with van der Waals surface area (Å²) in [6.45, 7) is 5.79. The Morgan fingerprint density at radius 1 is 1.00 bits per heavy atom. The standard InChI is InChI=1S/C31H30FNO5/c1-31(2,3)38-30(37)21-12-10-19(11-13-21)14-26(34)28-27(35)17-23-24(29(28)36)15-22(32)16-25(23)33(4)18-20-8-6-5-7-9-20/h5-13,15-16,36H,14,17-18H2,1-4H3. The van der Waals surface area contributed by atoms with Crippen LogP contribution in [0.3, 0.4) is 0 Å². The lowest BCUT2D eigenvalue weighted by atomic mass is 9.85. The molecule has 0 bridgehead atoms. The van der Waals surface area contributed by atoms with E-state index in [0.717, 1.165) is 11.6 Å². The van der Waals surface area contributed by atoms with Crippen molar-refractivity contribution in [2.24, 2.45) is 0 Å². The van der Waals surface area contributed by atoms with Crippen LogP contribution in [0, 0.1) is 5.82 Å². The van der Waals surface area contributed by atoms with Crippen LogP contribution in [0.15, 0.2) is 72.3 Å². The molecular weight excluding hydrogens is 485 g/mol. The van der Waals surface area contributed by atoms with Crippen LogP contribution in [0.2, 0.25) is 0 Å². The summed E-state index contributed by atoms with van der Waals surface area (Å²) in [6, 6.07) is 18.4. The highest BCUT2D eigenvalue weighted by atomic mass is 19.1. The first kappa shape index (κ1) is 26.8. The van der Waals surface area contributed by atoms with Gasteiger partial charge in [0, 0.05) is 37.7 Å². The lowest BCUT2D eigenvalue weighted by Crippen LogP contribution is -2.26. The second kappa shape index (κ2) is 10.6. The van der Waals surface area contributed by atoms with Crippen LogP contribution in [0.1, 0.15) is 53.4 Å². The number of carbonyl (C=O) groups is 3. The Kier molecular flexibility index (Phi) is 7.49. The number of rotatable bonds is 7. The highest BCUT2D eigenvalue weighted by molar-refractivity contribution is 6.27. The Hall–Kier alpha value is -4.26. The zero-order chi connectivity index (χ0) is 27.6. The third-order valence-corrected chi connectivity index (χ3v) is 6.21. The van der Waals surface area contributed by atoms with Gasteiger partial charge in [0.25, 0.3) is 0 Å². The Bertz CT molecular complexity index is 1420. The molecule has 0 atom stereocenters.